The topological polar surface area (TPSA) is 46.5 Å². The molecular weight excluding hydrogens is 434 g/mol. The van der Waals surface area contributed by atoms with Crippen molar-refractivity contribution in [3.63, 3.8) is 0 Å². The van der Waals surface area contributed by atoms with Crippen LogP contribution in [-0.2, 0) is 21.6 Å². The molecular formula is C23H26NO3S3+. The number of carbonyl (C=O) groups is 1. The second kappa shape index (κ2) is 8.20. The van der Waals surface area contributed by atoms with Crippen LogP contribution in [0.3, 0.4) is 0 Å². The fourth-order valence-corrected chi connectivity index (χ4v) is 7.40. The lowest BCUT2D eigenvalue weighted by Crippen LogP contribution is -2.66. The summed E-state index contributed by atoms with van der Waals surface area (Å²) in [5.41, 5.74) is -1.72. The molecule has 3 aromatic heterocycles. The average Bonchev–Trinajstić information content (AvgIpc) is 3.56. The van der Waals surface area contributed by atoms with Crippen LogP contribution in [0.2, 0.25) is 0 Å². The number of hydrogen-bond donors (Lipinski definition) is 1. The van der Waals surface area contributed by atoms with E-state index < -0.39 is 11.6 Å². The summed E-state index contributed by atoms with van der Waals surface area (Å²) < 4.78 is 7.05. The fourth-order valence-electron chi connectivity index (χ4n) is 4.98. The van der Waals surface area contributed by atoms with E-state index in [1.807, 2.05) is 35.0 Å². The first-order valence-electron chi connectivity index (χ1n) is 10.5. The Morgan fingerprint density at radius 3 is 2.23 bits per heavy atom. The van der Waals surface area contributed by atoms with Gasteiger partial charge in [0.15, 0.2) is 0 Å². The minimum Gasteiger partial charge on any atom is -0.410 e. The van der Waals surface area contributed by atoms with Crippen LogP contribution in [0.1, 0.15) is 33.9 Å². The highest BCUT2D eigenvalue weighted by atomic mass is 32.1. The molecule has 0 aliphatic carbocycles. The van der Waals surface area contributed by atoms with Crippen molar-refractivity contribution in [1.29, 1.82) is 0 Å². The molecule has 0 unspecified atom stereocenters. The van der Waals surface area contributed by atoms with Crippen molar-refractivity contribution in [2.45, 2.75) is 37.5 Å². The Bertz CT molecular complexity index is 923. The number of esters is 1. The molecule has 3 fully saturated rings. The van der Waals surface area contributed by atoms with Crippen LogP contribution in [-0.4, -0.2) is 41.4 Å². The largest absolute Gasteiger partial charge is 0.410 e. The van der Waals surface area contributed by atoms with Crippen molar-refractivity contribution in [1.82, 2.24) is 0 Å². The van der Waals surface area contributed by atoms with E-state index in [0.29, 0.717) is 15.7 Å². The van der Waals surface area contributed by atoms with Crippen LogP contribution in [0, 0.1) is 5.92 Å². The number of fused-ring (bicyclic) bond motifs is 3. The van der Waals surface area contributed by atoms with Crippen molar-refractivity contribution in [3.05, 3.63) is 67.2 Å². The van der Waals surface area contributed by atoms with Gasteiger partial charge in [0, 0.05) is 30.6 Å². The zero-order chi connectivity index (χ0) is 20.6. The maximum atomic E-state index is 13.5. The highest BCUT2D eigenvalue weighted by Crippen LogP contribution is 2.42. The summed E-state index contributed by atoms with van der Waals surface area (Å²) >= 11 is 4.58. The minimum absolute atomic E-state index is 0.170. The molecule has 158 valence electrons. The Kier molecular flexibility index (Phi) is 5.58. The lowest BCUT2D eigenvalue weighted by molar-refractivity contribution is -0.984. The number of hydrogen-bond acceptors (Lipinski definition) is 6. The van der Waals surface area contributed by atoms with E-state index in [9.17, 15) is 9.90 Å². The van der Waals surface area contributed by atoms with Gasteiger partial charge in [0.2, 0.25) is 11.8 Å². The van der Waals surface area contributed by atoms with Gasteiger partial charge in [-0.25, -0.2) is 4.79 Å². The number of rotatable bonds is 7. The smallest absolute Gasteiger partial charge is 0.353 e. The lowest BCUT2D eigenvalue weighted by Gasteiger charge is -2.53. The third-order valence-corrected chi connectivity index (χ3v) is 9.68. The number of thiophene rings is 3. The van der Waals surface area contributed by atoms with Crippen molar-refractivity contribution >= 4 is 40.0 Å². The van der Waals surface area contributed by atoms with E-state index in [4.69, 9.17) is 4.74 Å². The first-order valence-corrected chi connectivity index (χ1v) is 13.1. The van der Waals surface area contributed by atoms with Gasteiger partial charge in [0.25, 0.3) is 0 Å². The zero-order valence-electron chi connectivity index (χ0n) is 16.7. The predicted octanol–water partition coefficient (Wildman–Crippen LogP) is 4.85. The molecule has 7 heteroatoms. The second-order valence-electron chi connectivity index (χ2n) is 8.42. The molecule has 3 saturated heterocycles. The maximum Gasteiger partial charge on any atom is 0.353 e. The molecule has 6 heterocycles. The van der Waals surface area contributed by atoms with E-state index in [-0.39, 0.29) is 6.23 Å². The summed E-state index contributed by atoms with van der Waals surface area (Å²) in [6.07, 6.45) is 4.16. The van der Waals surface area contributed by atoms with E-state index in [2.05, 4.69) is 17.5 Å². The zero-order valence-corrected chi connectivity index (χ0v) is 19.2. The van der Waals surface area contributed by atoms with Crippen LogP contribution in [0.25, 0.3) is 0 Å². The van der Waals surface area contributed by atoms with Crippen molar-refractivity contribution < 1.29 is 19.1 Å². The molecule has 1 atom stereocenters. The number of piperidine rings is 3. The molecule has 2 bridgehead atoms. The van der Waals surface area contributed by atoms with E-state index in [1.54, 1.807) is 11.3 Å². The Morgan fingerprint density at radius 1 is 1.03 bits per heavy atom. The van der Waals surface area contributed by atoms with Crippen LogP contribution >= 0.6 is 34.0 Å². The molecule has 1 N–H and O–H groups in total. The van der Waals surface area contributed by atoms with Crippen LogP contribution in [0.4, 0.5) is 0 Å². The number of quaternary nitrogens is 1. The Hall–Kier alpha value is -1.51. The highest BCUT2D eigenvalue weighted by Gasteiger charge is 2.52. The van der Waals surface area contributed by atoms with Crippen LogP contribution < -0.4 is 0 Å². The van der Waals surface area contributed by atoms with Gasteiger partial charge in [-0.05, 0) is 40.3 Å². The number of nitrogens with zero attached hydrogens (tertiary/aromatic N) is 1. The molecule has 4 nitrogen and oxygen atoms in total. The van der Waals surface area contributed by atoms with E-state index >= 15 is 0 Å². The van der Waals surface area contributed by atoms with Crippen LogP contribution in [0.5, 0.6) is 0 Å². The SMILES string of the molecule is O=C(O[C@@H]1CC2CC[N+]1(CCc1cccs1)CC2)C(O)(c1cccs1)c1cccs1. The summed E-state index contributed by atoms with van der Waals surface area (Å²) in [6.45, 7) is 3.11. The predicted molar refractivity (Wildman–Crippen MR) is 122 cm³/mol. The lowest BCUT2D eigenvalue weighted by atomic mass is 9.84. The van der Waals surface area contributed by atoms with Crippen molar-refractivity contribution in [3.8, 4) is 0 Å². The first kappa shape index (κ1) is 20.4. The van der Waals surface area contributed by atoms with Crippen LogP contribution in [0.15, 0.2) is 52.5 Å². The molecule has 6 rings (SSSR count). The quantitative estimate of drug-likeness (QED) is 0.405. The average molecular weight is 461 g/mol. The number of carbonyl (C=O) groups excluding carboxylic acids is 1. The normalized spacial score (nSPS) is 26.0. The first-order chi connectivity index (χ1) is 14.6. The van der Waals surface area contributed by atoms with Gasteiger partial charge in [0.05, 0.1) is 29.4 Å². The van der Waals surface area contributed by atoms with E-state index in [0.717, 1.165) is 37.0 Å². The fraction of sp³-hybridized carbons (Fsp3) is 0.435. The molecule has 0 radical (unpaired) electrons. The molecule has 0 amide bonds. The van der Waals surface area contributed by atoms with Crippen molar-refractivity contribution in [2.24, 2.45) is 5.92 Å². The van der Waals surface area contributed by atoms with Gasteiger partial charge in [-0.15, -0.1) is 34.0 Å². The maximum absolute atomic E-state index is 13.5. The molecule has 30 heavy (non-hydrogen) atoms. The highest BCUT2D eigenvalue weighted by molar-refractivity contribution is 7.12. The second-order valence-corrected chi connectivity index (χ2v) is 11.4. The van der Waals surface area contributed by atoms with Gasteiger partial charge >= 0.3 is 5.97 Å². The third kappa shape index (κ3) is 3.56. The molecule has 3 aliphatic heterocycles. The summed E-state index contributed by atoms with van der Waals surface area (Å²) in [6, 6.07) is 11.7. The molecule has 0 saturated carbocycles. The third-order valence-electron chi connectivity index (χ3n) is 6.79. The summed E-state index contributed by atoms with van der Waals surface area (Å²) in [5.74, 6) is 0.0969. The monoisotopic (exact) mass is 460 g/mol. The molecule has 3 aliphatic rings. The van der Waals surface area contributed by atoms with Crippen molar-refractivity contribution in [2.75, 3.05) is 19.6 Å². The van der Waals surface area contributed by atoms with Gasteiger partial charge in [-0.2, -0.15) is 0 Å². The summed E-state index contributed by atoms with van der Waals surface area (Å²) in [5, 5.41) is 17.5. The van der Waals surface area contributed by atoms with Gasteiger partial charge < -0.3 is 9.84 Å². The Labute approximate surface area is 189 Å². The van der Waals surface area contributed by atoms with Gasteiger partial charge in [-0.3, -0.25) is 4.48 Å². The molecule has 3 aromatic rings. The summed E-state index contributed by atoms with van der Waals surface area (Å²) in [4.78, 5) is 16.1. The Morgan fingerprint density at radius 2 is 1.67 bits per heavy atom. The number of aliphatic hydroxyl groups is 1. The minimum atomic E-state index is -1.72. The number of ether oxygens (including phenoxy) is 1. The van der Waals surface area contributed by atoms with E-state index in [1.165, 1.54) is 40.4 Å². The van der Waals surface area contributed by atoms with Gasteiger partial charge in [0.1, 0.15) is 0 Å². The molecule has 0 spiro atoms. The standard InChI is InChI=1S/C23H26NO3S3/c25-22(23(26,19-5-2-14-29-19)20-6-3-15-30-20)27-21-16-17-7-10-24(21,11-8-17)12-9-18-4-1-13-28-18/h1-6,13-15,17,21,26H,7-12,16H2/q+1/t17?,21-,24?/m1/s1. The van der Waals surface area contributed by atoms with Gasteiger partial charge in [-0.1, -0.05) is 18.2 Å². The summed E-state index contributed by atoms with van der Waals surface area (Å²) in [7, 11) is 0. The molecule has 0 aromatic carbocycles. The Balaban J connectivity index is 1.40.